The highest BCUT2D eigenvalue weighted by atomic mass is 79.9. The van der Waals surface area contributed by atoms with E-state index < -0.39 is 7.12 Å². The maximum atomic E-state index is 9.39. The predicted octanol–water partition coefficient (Wildman–Crippen LogP) is 1.84. The van der Waals surface area contributed by atoms with E-state index in [2.05, 4.69) is 28.9 Å². The Labute approximate surface area is 103 Å². The van der Waals surface area contributed by atoms with Gasteiger partial charge in [0, 0.05) is 9.94 Å². The molecular formula is C12H12BBrO2. The second-order valence-corrected chi connectivity index (χ2v) is 4.55. The third kappa shape index (κ3) is 1.88. The van der Waals surface area contributed by atoms with Crippen molar-refractivity contribution in [3.8, 4) is 0 Å². The average Bonchev–Trinajstić information content (AvgIpc) is 2.27. The number of rotatable bonds is 2. The molecule has 4 heteroatoms. The summed E-state index contributed by atoms with van der Waals surface area (Å²) in [6, 6.07) is 9.78. The van der Waals surface area contributed by atoms with E-state index in [9.17, 15) is 10.0 Å². The van der Waals surface area contributed by atoms with Crippen molar-refractivity contribution in [2.75, 3.05) is 0 Å². The molecule has 0 unspecified atom stereocenters. The summed E-state index contributed by atoms with van der Waals surface area (Å²) in [6.07, 6.45) is 0.930. The molecule has 16 heavy (non-hydrogen) atoms. The number of hydrogen-bond donors (Lipinski definition) is 2. The fourth-order valence-corrected chi connectivity index (χ4v) is 2.54. The SMILES string of the molecule is CCc1cccc2c(B(O)O)c(Br)ccc12. The van der Waals surface area contributed by atoms with Gasteiger partial charge in [-0.2, -0.15) is 0 Å². The summed E-state index contributed by atoms with van der Waals surface area (Å²) in [5.41, 5.74) is 1.75. The monoisotopic (exact) mass is 278 g/mol. The molecule has 0 aliphatic carbocycles. The number of hydrogen-bond acceptors (Lipinski definition) is 2. The minimum absolute atomic E-state index is 0.535. The van der Waals surface area contributed by atoms with Gasteiger partial charge in [-0.05, 0) is 28.8 Å². The molecule has 0 aromatic heterocycles. The first-order chi connectivity index (χ1) is 7.65. The van der Waals surface area contributed by atoms with E-state index in [1.165, 1.54) is 5.56 Å². The Morgan fingerprint density at radius 3 is 2.50 bits per heavy atom. The highest BCUT2D eigenvalue weighted by Crippen LogP contribution is 2.21. The molecule has 0 radical (unpaired) electrons. The Kier molecular flexibility index (Phi) is 3.33. The largest absolute Gasteiger partial charge is 0.490 e. The zero-order valence-corrected chi connectivity index (χ0v) is 10.5. The molecule has 2 N–H and O–H groups in total. The van der Waals surface area contributed by atoms with Gasteiger partial charge in [-0.3, -0.25) is 0 Å². The molecule has 2 aromatic carbocycles. The van der Waals surface area contributed by atoms with Crippen molar-refractivity contribution in [2.24, 2.45) is 0 Å². The van der Waals surface area contributed by atoms with Crippen LogP contribution in [0.4, 0.5) is 0 Å². The highest BCUT2D eigenvalue weighted by Gasteiger charge is 2.18. The number of aryl methyl sites for hydroxylation is 1. The van der Waals surface area contributed by atoms with Gasteiger partial charge in [0.1, 0.15) is 0 Å². The van der Waals surface area contributed by atoms with Gasteiger partial charge in [0.05, 0.1) is 0 Å². The first-order valence-electron chi connectivity index (χ1n) is 5.21. The molecule has 2 aromatic rings. The lowest BCUT2D eigenvalue weighted by Crippen LogP contribution is -2.31. The summed E-state index contributed by atoms with van der Waals surface area (Å²) in [5.74, 6) is 0. The molecule has 2 nitrogen and oxygen atoms in total. The van der Waals surface area contributed by atoms with Crippen molar-refractivity contribution in [1.29, 1.82) is 0 Å². The molecule has 2 rings (SSSR count). The van der Waals surface area contributed by atoms with E-state index in [0.29, 0.717) is 5.46 Å². The second-order valence-electron chi connectivity index (χ2n) is 3.70. The van der Waals surface area contributed by atoms with Crippen LogP contribution >= 0.6 is 15.9 Å². The summed E-state index contributed by atoms with van der Waals surface area (Å²) in [6.45, 7) is 2.09. The van der Waals surface area contributed by atoms with Crippen LogP contribution in [-0.4, -0.2) is 17.2 Å². The Morgan fingerprint density at radius 2 is 1.88 bits per heavy atom. The van der Waals surface area contributed by atoms with Crippen molar-refractivity contribution >= 4 is 39.3 Å². The normalized spacial score (nSPS) is 10.8. The van der Waals surface area contributed by atoms with Crippen LogP contribution in [0.25, 0.3) is 10.8 Å². The fourth-order valence-electron chi connectivity index (χ4n) is 1.99. The Balaban J connectivity index is 2.83. The zero-order chi connectivity index (χ0) is 11.7. The molecule has 0 heterocycles. The molecular weight excluding hydrogens is 267 g/mol. The van der Waals surface area contributed by atoms with E-state index >= 15 is 0 Å². The number of fused-ring (bicyclic) bond motifs is 1. The van der Waals surface area contributed by atoms with Crippen molar-refractivity contribution in [2.45, 2.75) is 13.3 Å². The second kappa shape index (κ2) is 4.57. The van der Waals surface area contributed by atoms with E-state index in [-0.39, 0.29) is 0 Å². The Morgan fingerprint density at radius 1 is 1.12 bits per heavy atom. The first kappa shape index (κ1) is 11.6. The van der Waals surface area contributed by atoms with Crippen LogP contribution in [0.3, 0.4) is 0 Å². The predicted molar refractivity (Wildman–Crippen MR) is 70.9 cm³/mol. The molecule has 0 aliphatic heterocycles. The van der Waals surface area contributed by atoms with Crippen molar-refractivity contribution in [3.05, 3.63) is 40.4 Å². The van der Waals surface area contributed by atoms with Crippen LogP contribution < -0.4 is 5.46 Å². The molecule has 0 fully saturated rings. The van der Waals surface area contributed by atoms with Gasteiger partial charge in [0.15, 0.2) is 0 Å². The van der Waals surface area contributed by atoms with Gasteiger partial charge < -0.3 is 10.0 Å². The number of halogens is 1. The Bertz CT molecular complexity index is 526. The molecule has 0 atom stereocenters. The lowest BCUT2D eigenvalue weighted by atomic mass is 9.76. The fraction of sp³-hybridized carbons (Fsp3) is 0.167. The van der Waals surface area contributed by atoms with E-state index in [1.807, 2.05) is 24.3 Å². The first-order valence-corrected chi connectivity index (χ1v) is 6.00. The third-order valence-electron chi connectivity index (χ3n) is 2.78. The van der Waals surface area contributed by atoms with Gasteiger partial charge in [0.2, 0.25) is 0 Å². The maximum absolute atomic E-state index is 9.39. The van der Waals surface area contributed by atoms with Crippen molar-refractivity contribution in [3.63, 3.8) is 0 Å². The Hall–Kier alpha value is -0.835. The van der Waals surface area contributed by atoms with Gasteiger partial charge >= 0.3 is 7.12 Å². The van der Waals surface area contributed by atoms with E-state index in [0.717, 1.165) is 21.7 Å². The van der Waals surface area contributed by atoms with Crippen LogP contribution in [0.15, 0.2) is 34.8 Å². The quantitative estimate of drug-likeness (QED) is 0.823. The van der Waals surface area contributed by atoms with Crippen molar-refractivity contribution in [1.82, 2.24) is 0 Å². The lowest BCUT2D eigenvalue weighted by Gasteiger charge is -2.10. The van der Waals surface area contributed by atoms with Crippen LogP contribution in [0.2, 0.25) is 0 Å². The molecule has 0 saturated carbocycles. The minimum atomic E-state index is -1.45. The highest BCUT2D eigenvalue weighted by molar-refractivity contribution is 9.10. The smallest absolute Gasteiger partial charge is 0.423 e. The summed E-state index contributed by atoms with van der Waals surface area (Å²) in [5, 5.41) is 20.8. The third-order valence-corrected chi connectivity index (χ3v) is 3.47. The maximum Gasteiger partial charge on any atom is 0.490 e. The summed E-state index contributed by atoms with van der Waals surface area (Å²) < 4.78 is 0.725. The van der Waals surface area contributed by atoms with E-state index in [4.69, 9.17) is 0 Å². The van der Waals surface area contributed by atoms with Gasteiger partial charge in [-0.1, -0.05) is 47.1 Å². The number of benzene rings is 2. The molecule has 0 bridgehead atoms. The molecule has 0 aliphatic rings. The molecule has 0 spiro atoms. The van der Waals surface area contributed by atoms with Crippen LogP contribution in [-0.2, 0) is 6.42 Å². The molecule has 0 saturated heterocycles. The van der Waals surface area contributed by atoms with E-state index in [1.54, 1.807) is 0 Å². The topological polar surface area (TPSA) is 40.5 Å². The lowest BCUT2D eigenvalue weighted by molar-refractivity contribution is 0.426. The van der Waals surface area contributed by atoms with Gasteiger partial charge in [0.25, 0.3) is 0 Å². The minimum Gasteiger partial charge on any atom is -0.423 e. The summed E-state index contributed by atoms with van der Waals surface area (Å²) >= 11 is 3.34. The van der Waals surface area contributed by atoms with Crippen LogP contribution in [0.5, 0.6) is 0 Å². The van der Waals surface area contributed by atoms with Crippen LogP contribution in [0, 0.1) is 0 Å². The van der Waals surface area contributed by atoms with Crippen molar-refractivity contribution < 1.29 is 10.0 Å². The average molecular weight is 279 g/mol. The standard InChI is InChI=1S/C12H12BBrO2/c1-2-8-4-3-5-10-9(8)6-7-11(14)12(10)13(15)16/h3-7,15-16H,2H2,1H3. The van der Waals surface area contributed by atoms with Gasteiger partial charge in [-0.25, -0.2) is 0 Å². The summed E-state index contributed by atoms with van der Waals surface area (Å²) in [4.78, 5) is 0. The van der Waals surface area contributed by atoms with Crippen LogP contribution in [0.1, 0.15) is 12.5 Å². The zero-order valence-electron chi connectivity index (χ0n) is 8.94. The summed E-state index contributed by atoms with van der Waals surface area (Å²) in [7, 11) is -1.45. The molecule has 82 valence electrons. The van der Waals surface area contributed by atoms with Gasteiger partial charge in [-0.15, -0.1) is 0 Å². The molecule has 0 amide bonds.